The average Bonchev–Trinajstić information content (AvgIpc) is 1.94. The van der Waals surface area contributed by atoms with E-state index in [2.05, 4.69) is 35.6 Å². The van der Waals surface area contributed by atoms with Crippen molar-refractivity contribution in [2.75, 3.05) is 0 Å². The highest BCUT2D eigenvalue weighted by atomic mass is 79.9. The Kier molecular flexibility index (Phi) is 3.43. The molecule has 0 N–H and O–H groups in total. The summed E-state index contributed by atoms with van der Waals surface area (Å²) in [6.45, 7) is 6.44. The van der Waals surface area contributed by atoms with Crippen molar-refractivity contribution in [2.45, 2.75) is 19.6 Å². The van der Waals surface area contributed by atoms with E-state index in [1.54, 1.807) is 0 Å². The van der Waals surface area contributed by atoms with Gasteiger partial charge in [0.15, 0.2) is 0 Å². The Hall–Kier alpha value is 0.00688. The van der Waals surface area contributed by atoms with E-state index in [-0.39, 0.29) is 0 Å². The number of rotatable bonds is 2. The van der Waals surface area contributed by atoms with Crippen molar-refractivity contribution in [2.24, 2.45) is 0 Å². The standard InChI is InChI=1S/C9H12BrClOSi/c1-13(2,3)12-7-4-5-9(11)8(10)6-7/h4-6H,1-3H3. The molecule has 0 aliphatic carbocycles. The summed E-state index contributed by atoms with van der Waals surface area (Å²) >= 11 is 9.22. The molecule has 0 spiro atoms. The van der Waals surface area contributed by atoms with Crippen LogP contribution in [0.1, 0.15) is 0 Å². The Morgan fingerprint density at radius 2 is 1.92 bits per heavy atom. The zero-order valence-electron chi connectivity index (χ0n) is 7.90. The van der Waals surface area contributed by atoms with Crippen molar-refractivity contribution in [1.29, 1.82) is 0 Å². The van der Waals surface area contributed by atoms with E-state index in [1.807, 2.05) is 18.2 Å². The molecule has 0 bridgehead atoms. The summed E-state index contributed by atoms with van der Waals surface area (Å²) in [5.74, 6) is 0.885. The first-order valence-electron chi connectivity index (χ1n) is 4.02. The summed E-state index contributed by atoms with van der Waals surface area (Å²) in [5.41, 5.74) is 0. The molecule has 1 rings (SSSR count). The highest BCUT2D eigenvalue weighted by Gasteiger charge is 2.16. The summed E-state index contributed by atoms with van der Waals surface area (Å²) in [7, 11) is -1.50. The molecule has 0 atom stereocenters. The second-order valence-corrected chi connectivity index (χ2v) is 9.48. The highest BCUT2D eigenvalue weighted by molar-refractivity contribution is 9.10. The van der Waals surface area contributed by atoms with Crippen LogP contribution in [-0.2, 0) is 0 Å². The van der Waals surface area contributed by atoms with Crippen LogP contribution >= 0.6 is 27.5 Å². The number of benzene rings is 1. The first-order valence-corrected chi connectivity index (χ1v) is 8.60. The molecule has 0 radical (unpaired) electrons. The fourth-order valence-electron chi connectivity index (χ4n) is 0.894. The molecule has 1 nitrogen and oxygen atoms in total. The lowest BCUT2D eigenvalue weighted by Crippen LogP contribution is -2.29. The first-order chi connectivity index (χ1) is 5.88. The molecule has 0 amide bonds. The fourth-order valence-corrected chi connectivity index (χ4v) is 2.20. The van der Waals surface area contributed by atoms with E-state index in [9.17, 15) is 0 Å². The quantitative estimate of drug-likeness (QED) is 0.733. The van der Waals surface area contributed by atoms with E-state index in [0.717, 1.165) is 10.2 Å². The van der Waals surface area contributed by atoms with E-state index in [4.69, 9.17) is 16.0 Å². The van der Waals surface area contributed by atoms with Crippen LogP contribution in [0.3, 0.4) is 0 Å². The molecule has 0 saturated carbocycles. The van der Waals surface area contributed by atoms with Crippen molar-refractivity contribution in [3.63, 3.8) is 0 Å². The monoisotopic (exact) mass is 278 g/mol. The van der Waals surface area contributed by atoms with Gasteiger partial charge >= 0.3 is 0 Å². The third kappa shape index (κ3) is 3.71. The second-order valence-electron chi connectivity index (χ2n) is 3.79. The van der Waals surface area contributed by atoms with Crippen LogP contribution in [0.15, 0.2) is 22.7 Å². The molecule has 1 aromatic carbocycles. The van der Waals surface area contributed by atoms with E-state index >= 15 is 0 Å². The van der Waals surface area contributed by atoms with Gasteiger partial charge in [0.05, 0.1) is 5.02 Å². The van der Waals surface area contributed by atoms with Crippen LogP contribution in [0.2, 0.25) is 24.7 Å². The predicted octanol–water partition coefficient (Wildman–Crippen LogP) is 4.32. The minimum Gasteiger partial charge on any atom is -0.544 e. The van der Waals surface area contributed by atoms with Gasteiger partial charge in [-0.05, 0) is 53.8 Å². The third-order valence-electron chi connectivity index (χ3n) is 1.32. The summed E-state index contributed by atoms with van der Waals surface area (Å²) in [4.78, 5) is 0. The van der Waals surface area contributed by atoms with Gasteiger partial charge in [0, 0.05) is 4.47 Å². The van der Waals surface area contributed by atoms with Gasteiger partial charge < -0.3 is 4.43 Å². The molecular weight excluding hydrogens is 268 g/mol. The third-order valence-corrected chi connectivity index (χ3v) is 3.38. The molecule has 0 heterocycles. The van der Waals surface area contributed by atoms with Crippen molar-refractivity contribution < 1.29 is 4.43 Å². The molecule has 0 unspecified atom stereocenters. The zero-order valence-corrected chi connectivity index (χ0v) is 11.2. The van der Waals surface area contributed by atoms with Gasteiger partial charge in [-0.2, -0.15) is 0 Å². The highest BCUT2D eigenvalue weighted by Crippen LogP contribution is 2.27. The Morgan fingerprint density at radius 1 is 1.31 bits per heavy atom. The Labute approximate surface area is 93.3 Å². The minimum absolute atomic E-state index is 0.711. The summed E-state index contributed by atoms with van der Waals surface area (Å²) in [5, 5.41) is 0.711. The lowest BCUT2D eigenvalue weighted by Gasteiger charge is -2.19. The van der Waals surface area contributed by atoms with Crippen molar-refractivity contribution in [1.82, 2.24) is 0 Å². The van der Waals surface area contributed by atoms with Gasteiger partial charge in [0.2, 0.25) is 8.32 Å². The Morgan fingerprint density at radius 3 is 2.38 bits per heavy atom. The van der Waals surface area contributed by atoms with Crippen molar-refractivity contribution in [3.8, 4) is 5.75 Å². The van der Waals surface area contributed by atoms with Gasteiger partial charge in [0.1, 0.15) is 5.75 Å². The lowest BCUT2D eigenvalue weighted by atomic mass is 10.3. The minimum atomic E-state index is -1.50. The van der Waals surface area contributed by atoms with Crippen LogP contribution in [0.5, 0.6) is 5.75 Å². The van der Waals surface area contributed by atoms with Gasteiger partial charge in [-0.1, -0.05) is 11.6 Å². The van der Waals surface area contributed by atoms with Crippen LogP contribution in [0, 0.1) is 0 Å². The summed E-state index contributed by atoms with van der Waals surface area (Å²) < 4.78 is 6.67. The SMILES string of the molecule is C[Si](C)(C)Oc1ccc(Cl)c(Br)c1. The Balaban J connectivity index is 2.86. The second kappa shape index (κ2) is 4.03. The first kappa shape index (κ1) is 11.1. The molecule has 4 heteroatoms. The maximum absolute atomic E-state index is 5.86. The van der Waals surface area contributed by atoms with Gasteiger partial charge in [-0.15, -0.1) is 0 Å². The van der Waals surface area contributed by atoms with Gasteiger partial charge in [-0.3, -0.25) is 0 Å². The zero-order chi connectivity index (χ0) is 10.1. The molecule has 0 aliphatic rings. The molecule has 0 saturated heterocycles. The maximum atomic E-state index is 5.86. The van der Waals surface area contributed by atoms with Crippen LogP contribution in [-0.4, -0.2) is 8.32 Å². The van der Waals surface area contributed by atoms with Gasteiger partial charge in [0.25, 0.3) is 0 Å². The summed E-state index contributed by atoms with van der Waals surface area (Å²) in [6.07, 6.45) is 0. The molecule has 72 valence electrons. The van der Waals surface area contributed by atoms with Crippen LogP contribution in [0.25, 0.3) is 0 Å². The van der Waals surface area contributed by atoms with E-state index in [0.29, 0.717) is 5.02 Å². The largest absolute Gasteiger partial charge is 0.544 e. The average molecular weight is 280 g/mol. The maximum Gasteiger partial charge on any atom is 0.242 e. The predicted molar refractivity (Wildman–Crippen MR) is 63.1 cm³/mol. The normalized spacial score (nSPS) is 11.5. The van der Waals surface area contributed by atoms with Gasteiger partial charge in [-0.25, -0.2) is 0 Å². The van der Waals surface area contributed by atoms with Crippen LogP contribution < -0.4 is 4.43 Å². The number of halogens is 2. The molecule has 0 aromatic heterocycles. The van der Waals surface area contributed by atoms with E-state index < -0.39 is 8.32 Å². The smallest absolute Gasteiger partial charge is 0.242 e. The van der Waals surface area contributed by atoms with Crippen LogP contribution in [0.4, 0.5) is 0 Å². The summed E-state index contributed by atoms with van der Waals surface area (Å²) in [6, 6.07) is 5.63. The number of hydrogen-bond donors (Lipinski definition) is 0. The molecule has 1 aromatic rings. The fraction of sp³-hybridized carbons (Fsp3) is 0.333. The molecule has 13 heavy (non-hydrogen) atoms. The van der Waals surface area contributed by atoms with Crippen molar-refractivity contribution in [3.05, 3.63) is 27.7 Å². The number of hydrogen-bond acceptors (Lipinski definition) is 1. The lowest BCUT2D eigenvalue weighted by molar-refractivity contribution is 0.557. The van der Waals surface area contributed by atoms with E-state index in [1.165, 1.54) is 0 Å². The van der Waals surface area contributed by atoms with Crippen molar-refractivity contribution >= 4 is 35.8 Å². The Bertz CT molecular complexity index is 309. The molecule has 0 aliphatic heterocycles. The topological polar surface area (TPSA) is 9.23 Å². The molecular formula is C9H12BrClOSi. The molecule has 0 fully saturated rings.